The molecule has 1 heterocycles. The van der Waals surface area contributed by atoms with Gasteiger partial charge in [0, 0.05) is 0 Å². The van der Waals surface area contributed by atoms with Gasteiger partial charge in [-0.25, -0.2) is 0 Å². The summed E-state index contributed by atoms with van der Waals surface area (Å²) >= 11 is 0. The van der Waals surface area contributed by atoms with Crippen LogP contribution in [0.2, 0.25) is 0 Å². The van der Waals surface area contributed by atoms with Gasteiger partial charge in [0.15, 0.2) is 0 Å². The molecule has 0 radical (unpaired) electrons. The number of piperidine rings is 1. The Labute approximate surface area is 104 Å². The number of methoxy groups -OCH3 is 1. The molecule has 1 saturated heterocycles. The fraction of sp³-hybridized carbons (Fsp3) is 0.600. The third-order valence-electron chi connectivity index (χ3n) is 3.65. The summed E-state index contributed by atoms with van der Waals surface area (Å²) in [5, 5.41) is 3.42. The molecule has 1 N–H and O–H groups in total. The predicted octanol–water partition coefficient (Wildman–Crippen LogP) is 2.80. The van der Waals surface area contributed by atoms with E-state index in [0.29, 0.717) is 0 Å². The molecule has 17 heavy (non-hydrogen) atoms. The molecular weight excluding hydrogens is 210 g/mol. The maximum absolute atomic E-state index is 5.37. The number of hydrogen-bond acceptors (Lipinski definition) is 2. The molecule has 0 aliphatic carbocycles. The lowest BCUT2D eigenvalue weighted by Crippen LogP contribution is -2.28. The number of benzene rings is 1. The van der Waals surface area contributed by atoms with Crippen LogP contribution in [0.3, 0.4) is 0 Å². The van der Waals surface area contributed by atoms with E-state index in [1.165, 1.54) is 43.5 Å². The SMILES string of the molecule is CCc1cc(CC2CCNCC2)cc(OC)c1. The van der Waals surface area contributed by atoms with Crippen molar-refractivity contribution in [2.75, 3.05) is 20.2 Å². The van der Waals surface area contributed by atoms with Crippen LogP contribution in [0.15, 0.2) is 18.2 Å². The van der Waals surface area contributed by atoms with Crippen molar-refractivity contribution in [2.45, 2.75) is 32.6 Å². The van der Waals surface area contributed by atoms with E-state index in [1.54, 1.807) is 7.11 Å². The molecule has 0 amide bonds. The second-order valence-electron chi connectivity index (χ2n) is 4.94. The summed E-state index contributed by atoms with van der Waals surface area (Å²) in [6.45, 7) is 4.55. The number of rotatable bonds is 4. The van der Waals surface area contributed by atoms with Gasteiger partial charge < -0.3 is 10.1 Å². The Morgan fingerprint density at radius 3 is 2.53 bits per heavy atom. The maximum Gasteiger partial charge on any atom is 0.119 e. The molecule has 0 bridgehead atoms. The van der Waals surface area contributed by atoms with Crippen LogP contribution >= 0.6 is 0 Å². The molecule has 2 nitrogen and oxygen atoms in total. The van der Waals surface area contributed by atoms with Crippen LogP contribution in [-0.4, -0.2) is 20.2 Å². The summed E-state index contributed by atoms with van der Waals surface area (Å²) in [5.74, 6) is 1.85. The zero-order valence-electron chi connectivity index (χ0n) is 11.0. The minimum absolute atomic E-state index is 0.841. The first kappa shape index (κ1) is 12.4. The largest absolute Gasteiger partial charge is 0.497 e. The van der Waals surface area contributed by atoms with Crippen LogP contribution < -0.4 is 10.1 Å². The average molecular weight is 233 g/mol. The van der Waals surface area contributed by atoms with Crippen molar-refractivity contribution in [1.29, 1.82) is 0 Å². The first-order valence-electron chi connectivity index (χ1n) is 6.69. The molecule has 2 heteroatoms. The van der Waals surface area contributed by atoms with Gasteiger partial charge >= 0.3 is 0 Å². The standard InChI is InChI=1S/C15H23NO/c1-3-12-8-14(11-15(10-12)17-2)9-13-4-6-16-7-5-13/h8,10-11,13,16H,3-7,9H2,1-2H3. The smallest absolute Gasteiger partial charge is 0.119 e. The van der Waals surface area contributed by atoms with Gasteiger partial charge in [-0.1, -0.05) is 13.0 Å². The van der Waals surface area contributed by atoms with Gasteiger partial charge in [-0.05, 0) is 68.0 Å². The molecule has 0 spiro atoms. The number of ether oxygens (including phenoxy) is 1. The second-order valence-corrected chi connectivity index (χ2v) is 4.94. The van der Waals surface area contributed by atoms with Crippen LogP contribution in [0.25, 0.3) is 0 Å². The first-order chi connectivity index (χ1) is 8.31. The van der Waals surface area contributed by atoms with Crippen LogP contribution in [-0.2, 0) is 12.8 Å². The Morgan fingerprint density at radius 1 is 1.18 bits per heavy atom. The van der Waals surface area contributed by atoms with E-state index in [0.717, 1.165) is 18.1 Å². The lowest BCUT2D eigenvalue weighted by Gasteiger charge is -2.23. The van der Waals surface area contributed by atoms with Crippen molar-refractivity contribution < 1.29 is 4.74 Å². The zero-order chi connectivity index (χ0) is 12.1. The highest BCUT2D eigenvalue weighted by atomic mass is 16.5. The van der Waals surface area contributed by atoms with E-state index in [1.807, 2.05) is 0 Å². The molecule has 0 atom stereocenters. The lowest BCUT2D eigenvalue weighted by molar-refractivity contribution is 0.371. The Bertz CT molecular complexity index is 334. The quantitative estimate of drug-likeness (QED) is 0.863. The third kappa shape index (κ3) is 3.47. The number of aryl methyl sites for hydroxylation is 1. The van der Waals surface area contributed by atoms with Crippen molar-refractivity contribution in [2.24, 2.45) is 5.92 Å². The minimum atomic E-state index is 0.841. The number of hydrogen-bond donors (Lipinski definition) is 1. The summed E-state index contributed by atoms with van der Waals surface area (Å²) in [6.07, 6.45) is 4.89. The fourth-order valence-electron chi connectivity index (χ4n) is 2.59. The van der Waals surface area contributed by atoms with Crippen molar-refractivity contribution in [3.63, 3.8) is 0 Å². The Morgan fingerprint density at radius 2 is 1.88 bits per heavy atom. The highest BCUT2D eigenvalue weighted by molar-refractivity contribution is 5.34. The zero-order valence-corrected chi connectivity index (χ0v) is 11.0. The van der Waals surface area contributed by atoms with Crippen LogP contribution in [0.4, 0.5) is 0 Å². The van der Waals surface area contributed by atoms with E-state index in [4.69, 9.17) is 4.74 Å². The molecular formula is C15H23NO. The van der Waals surface area contributed by atoms with E-state index >= 15 is 0 Å². The monoisotopic (exact) mass is 233 g/mol. The molecule has 94 valence electrons. The molecule has 2 rings (SSSR count). The van der Waals surface area contributed by atoms with Gasteiger partial charge in [-0.2, -0.15) is 0 Å². The topological polar surface area (TPSA) is 21.3 Å². The van der Waals surface area contributed by atoms with Gasteiger partial charge in [0.1, 0.15) is 5.75 Å². The lowest BCUT2D eigenvalue weighted by atomic mass is 9.90. The van der Waals surface area contributed by atoms with Gasteiger partial charge in [0.05, 0.1) is 7.11 Å². The molecule has 0 saturated carbocycles. The van der Waals surface area contributed by atoms with E-state index in [9.17, 15) is 0 Å². The van der Waals surface area contributed by atoms with Crippen LogP contribution in [0.5, 0.6) is 5.75 Å². The summed E-state index contributed by atoms with van der Waals surface area (Å²) in [4.78, 5) is 0. The summed E-state index contributed by atoms with van der Waals surface area (Å²) < 4.78 is 5.37. The van der Waals surface area contributed by atoms with Crippen LogP contribution in [0.1, 0.15) is 30.9 Å². The fourth-order valence-corrected chi connectivity index (χ4v) is 2.59. The van der Waals surface area contributed by atoms with E-state index in [-0.39, 0.29) is 0 Å². The molecule has 1 aromatic rings. The molecule has 1 fully saturated rings. The second kappa shape index (κ2) is 6.06. The van der Waals surface area contributed by atoms with Gasteiger partial charge in [-0.15, -0.1) is 0 Å². The third-order valence-corrected chi connectivity index (χ3v) is 3.65. The Balaban J connectivity index is 2.07. The molecule has 0 unspecified atom stereocenters. The Hall–Kier alpha value is -1.02. The molecule has 0 aromatic heterocycles. The molecule has 1 aromatic carbocycles. The van der Waals surface area contributed by atoms with Crippen molar-refractivity contribution in [3.8, 4) is 5.75 Å². The summed E-state index contributed by atoms with van der Waals surface area (Å²) in [5.41, 5.74) is 2.82. The predicted molar refractivity (Wildman–Crippen MR) is 71.7 cm³/mol. The van der Waals surface area contributed by atoms with E-state index in [2.05, 4.69) is 30.4 Å². The summed E-state index contributed by atoms with van der Waals surface area (Å²) in [7, 11) is 1.75. The average Bonchev–Trinajstić information content (AvgIpc) is 2.39. The number of nitrogens with one attached hydrogen (secondary N) is 1. The van der Waals surface area contributed by atoms with Gasteiger partial charge in [-0.3, -0.25) is 0 Å². The highest BCUT2D eigenvalue weighted by Gasteiger charge is 2.14. The first-order valence-corrected chi connectivity index (χ1v) is 6.69. The molecule has 1 aliphatic heterocycles. The maximum atomic E-state index is 5.37. The Kier molecular flexibility index (Phi) is 4.43. The van der Waals surface area contributed by atoms with Crippen molar-refractivity contribution in [3.05, 3.63) is 29.3 Å². The van der Waals surface area contributed by atoms with Crippen LogP contribution in [0, 0.1) is 5.92 Å². The highest BCUT2D eigenvalue weighted by Crippen LogP contribution is 2.23. The normalized spacial score (nSPS) is 17.1. The van der Waals surface area contributed by atoms with Crippen molar-refractivity contribution >= 4 is 0 Å². The van der Waals surface area contributed by atoms with Gasteiger partial charge in [0.2, 0.25) is 0 Å². The molecule has 1 aliphatic rings. The minimum Gasteiger partial charge on any atom is -0.497 e. The summed E-state index contributed by atoms with van der Waals surface area (Å²) in [6, 6.07) is 6.68. The van der Waals surface area contributed by atoms with Crippen molar-refractivity contribution in [1.82, 2.24) is 5.32 Å². The van der Waals surface area contributed by atoms with E-state index < -0.39 is 0 Å². The van der Waals surface area contributed by atoms with Gasteiger partial charge in [0.25, 0.3) is 0 Å².